The summed E-state index contributed by atoms with van der Waals surface area (Å²) < 4.78 is 29.7. The number of carbonyl (C=O) groups is 2. The van der Waals surface area contributed by atoms with Gasteiger partial charge in [0.15, 0.2) is 0 Å². The normalized spacial score (nSPS) is 12.6. The third-order valence-electron chi connectivity index (χ3n) is 5.14. The smallest absolute Gasteiger partial charge is 0.322 e. The number of benzene rings is 2. The van der Waals surface area contributed by atoms with Crippen molar-refractivity contribution in [2.75, 3.05) is 5.32 Å². The summed E-state index contributed by atoms with van der Waals surface area (Å²) in [4.78, 5) is 25.2. The molecule has 0 fully saturated rings. The number of aliphatic carboxylic acids is 1. The molecule has 1 aromatic heterocycles. The van der Waals surface area contributed by atoms with Crippen molar-refractivity contribution in [3.8, 4) is 0 Å². The molecule has 36 heavy (non-hydrogen) atoms. The highest BCUT2D eigenvalue weighted by molar-refractivity contribution is 7.87. The number of halogens is 2. The van der Waals surface area contributed by atoms with Crippen LogP contribution in [0.1, 0.15) is 34.6 Å². The quantitative estimate of drug-likeness (QED) is 0.299. The molecule has 2 aromatic carbocycles. The van der Waals surface area contributed by atoms with Gasteiger partial charge in [-0.15, -0.1) is 11.3 Å². The molecule has 1 amide bonds. The van der Waals surface area contributed by atoms with Crippen molar-refractivity contribution < 1.29 is 23.1 Å². The molecule has 1 heterocycles. The number of nitrogens with one attached hydrogen (secondary N) is 2. The lowest BCUT2D eigenvalue weighted by molar-refractivity contribution is -0.138. The van der Waals surface area contributed by atoms with E-state index in [9.17, 15) is 23.1 Å². The highest BCUT2D eigenvalue weighted by Crippen LogP contribution is 2.21. The minimum atomic E-state index is -4.09. The monoisotopic (exact) mass is 569 g/mol. The zero-order valence-electron chi connectivity index (χ0n) is 19.4. The number of hydrogen-bond donors (Lipinski definition) is 3. The fourth-order valence-corrected chi connectivity index (χ4v) is 6.23. The van der Waals surface area contributed by atoms with E-state index >= 15 is 0 Å². The molecular weight excluding hydrogens is 545 g/mol. The van der Waals surface area contributed by atoms with Gasteiger partial charge in [0.1, 0.15) is 6.04 Å². The number of thiophene rings is 1. The van der Waals surface area contributed by atoms with E-state index < -0.39 is 28.1 Å². The first kappa shape index (κ1) is 28.1. The van der Waals surface area contributed by atoms with Crippen LogP contribution in [0, 0.1) is 0 Å². The van der Waals surface area contributed by atoms with Crippen LogP contribution >= 0.6 is 34.5 Å². The minimum absolute atomic E-state index is 0.0857. The molecular formula is C24H25Cl2N3O5S2. The Morgan fingerprint density at radius 3 is 2.22 bits per heavy atom. The Hall–Kier alpha value is -2.47. The third kappa shape index (κ3) is 7.76. The Bertz CT molecular complexity index is 1290. The highest BCUT2D eigenvalue weighted by Gasteiger charge is 2.31. The van der Waals surface area contributed by atoms with Gasteiger partial charge >= 0.3 is 5.97 Å². The standard InChI is InChI=1S/C24H25Cl2N3O5S2/c1-15(2)29(14-21-4-3-9-35-21)36(33,34)28-22(24(31)32)10-16-5-7-20(8-6-16)27-23(30)17-11-18(25)13-19(26)12-17/h3-9,11-13,15,22,28H,10,14H2,1-2H3,(H,27,30)(H,31,32). The van der Waals surface area contributed by atoms with Crippen LogP contribution in [-0.4, -0.2) is 41.8 Å². The second-order valence-corrected chi connectivity index (χ2v) is 11.8. The van der Waals surface area contributed by atoms with E-state index in [-0.39, 0.29) is 24.6 Å². The van der Waals surface area contributed by atoms with E-state index in [1.165, 1.54) is 33.8 Å². The van der Waals surface area contributed by atoms with Gasteiger partial charge in [0, 0.05) is 38.8 Å². The average Bonchev–Trinajstić information content (AvgIpc) is 3.30. The lowest BCUT2D eigenvalue weighted by atomic mass is 10.1. The first-order valence-corrected chi connectivity index (χ1v) is 13.9. The Balaban J connectivity index is 1.69. The Morgan fingerprint density at radius 2 is 1.69 bits per heavy atom. The molecule has 0 aliphatic carbocycles. The minimum Gasteiger partial charge on any atom is -0.480 e. The summed E-state index contributed by atoms with van der Waals surface area (Å²) in [7, 11) is -4.09. The molecule has 0 saturated heterocycles. The van der Waals surface area contributed by atoms with E-state index in [0.717, 1.165) is 4.88 Å². The second kappa shape index (κ2) is 12.2. The molecule has 0 bridgehead atoms. The van der Waals surface area contributed by atoms with Crippen LogP contribution in [0.15, 0.2) is 60.0 Å². The van der Waals surface area contributed by atoms with Crippen LogP contribution in [0.2, 0.25) is 10.0 Å². The molecule has 3 N–H and O–H groups in total. The average molecular weight is 571 g/mol. The lowest BCUT2D eigenvalue weighted by Gasteiger charge is -2.27. The van der Waals surface area contributed by atoms with Crippen molar-refractivity contribution in [1.29, 1.82) is 0 Å². The van der Waals surface area contributed by atoms with Crippen molar-refractivity contribution in [3.05, 3.63) is 86.0 Å². The maximum absolute atomic E-state index is 13.1. The molecule has 1 atom stereocenters. The number of carboxylic acid groups (broad SMARTS) is 1. The van der Waals surface area contributed by atoms with Gasteiger partial charge in [-0.2, -0.15) is 17.4 Å². The number of hydrogen-bond acceptors (Lipinski definition) is 5. The first-order chi connectivity index (χ1) is 16.9. The molecule has 0 spiro atoms. The molecule has 3 rings (SSSR count). The largest absolute Gasteiger partial charge is 0.480 e. The van der Waals surface area contributed by atoms with Crippen LogP contribution in [0.4, 0.5) is 5.69 Å². The van der Waals surface area contributed by atoms with Gasteiger partial charge in [-0.3, -0.25) is 9.59 Å². The Morgan fingerprint density at radius 1 is 1.06 bits per heavy atom. The first-order valence-electron chi connectivity index (χ1n) is 10.9. The number of carbonyl (C=O) groups excluding carboxylic acids is 1. The highest BCUT2D eigenvalue weighted by atomic mass is 35.5. The van der Waals surface area contributed by atoms with Gasteiger partial charge in [-0.05, 0) is 67.6 Å². The predicted molar refractivity (Wildman–Crippen MR) is 143 cm³/mol. The molecule has 0 radical (unpaired) electrons. The molecule has 3 aromatic rings. The van der Waals surface area contributed by atoms with Crippen LogP contribution in [0.5, 0.6) is 0 Å². The molecule has 192 valence electrons. The van der Waals surface area contributed by atoms with Crippen molar-refractivity contribution in [2.45, 2.75) is 38.9 Å². The van der Waals surface area contributed by atoms with E-state index in [2.05, 4.69) is 10.0 Å². The van der Waals surface area contributed by atoms with Gasteiger partial charge in [-0.25, -0.2) is 0 Å². The summed E-state index contributed by atoms with van der Waals surface area (Å²) in [6.45, 7) is 3.60. The van der Waals surface area contributed by atoms with Crippen LogP contribution in [0.25, 0.3) is 0 Å². The van der Waals surface area contributed by atoms with Crippen molar-refractivity contribution in [1.82, 2.24) is 9.03 Å². The Kier molecular flexibility index (Phi) is 9.51. The summed E-state index contributed by atoms with van der Waals surface area (Å²) in [6, 6.07) is 12.8. The maximum Gasteiger partial charge on any atom is 0.322 e. The molecule has 0 aliphatic heterocycles. The second-order valence-electron chi connectivity index (χ2n) is 8.25. The van der Waals surface area contributed by atoms with Gasteiger partial charge in [-0.1, -0.05) is 41.4 Å². The third-order valence-corrected chi connectivity index (χ3v) is 8.19. The number of anilines is 1. The van der Waals surface area contributed by atoms with E-state index in [1.54, 1.807) is 38.1 Å². The molecule has 1 unspecified atom stereocenters. The van der Waals surface area contributed by atoms with Crippen molar-refractivity contribution in [3.63, 3.8) is 0 Å². The summed E-state index contributed by atoms with van der Waals surface area (Å²) in [5.74, 6) is -1.71. The fourth-order valence-electron chi connectivity index (χ4n) is 3.38. The number of nitrogens with zero attached hydrogens (tertiary/aromatic N) is 1. The van der Waals surface area contributed by atoms with Crippen LogP contribution in [-0.2, 0) is 28.0 Å². The van der Waals surface area contributed by atoms with Gasteiger partial charge in [0.25, 0.3) is 16.1 Å². The zero-order chi connectivity index (χ0) is 26.5. The summed E-state index contributed by atoms with van der Waals surface area (Å²) in [5, 5.41) is 14.9. The van der Waals surface area contributed by atoms with Crippen molar-refractivity contribution >= 4 is 62.3 Å². The van der Waals surface area contributed by atoms with Gasteiger partial charge in [0.2, 0.25) is 0 Å². The SMILES string of the molecule is CC(C)N(Cc1cccs1)S(=O)(=O)NC(Cc1ccc(NC(=O)c2cc(Cl)cc(Cl)c2)cc1)C(=O)O. The van der Waals surface area contributed by atoms with E-state index in [1.807, 2.05) is 17.5 Å². The lowest BCUT2D eigenvalue weighted by Crippen LogP contribution is -2.50. The molecule has 12 heteroatoms. The zero-order valence-corrected chi connectivity index (χ0v) is 22.6. The van der Waals surface area contributed by atoms with E-state index in [0.29, 0.717) is 21.3 Å². The summed E-state index contributed by atoms with van der Waals surface area (Å²) in [6.07, 6.45) is -0.0857. The van der Waals surface area contributed by atoms with E-state index in [4.69, 9.17) is 23.2 Å². The van der Waals surface area contributed by atoms with Gasteiger partial charge in [0.05, 0.1) is 0 Å². The molecule has 0 saturated carbocycles. The molecule has 0 aliphatic rings. The maximum atomic E-state index is 13.1. The predicted octanol–water partition coefficient (Wildman–Crippen LogP) is 5.05. The number of carboxylic acids is 1. The van der Waals surface area contributed by atoms with Crippen molar-refractivity contribution in [2.24, 2.45) is 0 Å². The van der Waals surface area contributed by atoms with Crippen LogP contribution < -0.4 is 10.0 Å². The summed E-state index contributed by atoms with van der Waals surface area (Å²) >= 11 is 13.3. The topological polar surface area (TPSA) is 116 Å². The molecule has 8 nitrogen and oxygen atoms in total. The van der Waals surface area contributed by atoms with Gasteiger partial charge < -0.3 is 10.4 Å². The number of amides is 1. The number of rotatable bonds is 11. The summed E-state index contributed by atoms with van der Waals surface area (Å²) in [5.41, 5.74) is 1.33. The Labute approximate surface area is 224 Å². The fraction of sp³-hybridized carbons (Fsp3) is 0.250. The van der Waals surface area contributed by atoms with Crippen LogP contribution in [0.3, 0.4) is 0 Å².